The van der Waals surface area contributed by atoms with Crippen molar-refractivity contribution in [3.05, 3.63) is 29.8 Å². The molecule has 2 aliphatic rings. The average Bonchev–Trinajstić information content (AvgIpc) is 3.10. The molecule has 0 saturated carbocycles. The van der Waals surface area contributed by atoms with Crippen molar-refractivity contribution in [1.82, 2.24) is 9.21 Å². The zero-order valence-corrected chi connectivity index (χ0v) is 14.4. The second-order valence-corrected chi connectivity index (χ2v) is 8.01. The number of hydrogen-bond donors (Lipinski definition) is 1. The van der Waals surface area contributed by atoms with Crippen molar-refractivity contribution in [1.29, 1.82) is 0 Å². The number of rotatable bonds is 4. The molecule has 132 valence electrons. The Hall–Kier alpha value is -1.48. The van der Waals surface area contributed by atoms with Gasteiger partial charge in [-0.15, -0.1) is 0 Å². The third-order valence-corrected chi connectivity index (χ3v) is 6.49. The molecule has 1 aromatic rings. The van der Waals surface area contributed by atoms with Crippen LogP contribution in [0.25, 0.3) is 0 Å². The van der Waals surface area contributed by atoms with Gasteiger partial charge in [0, 0.05) is 37.8 Å². The largest absolute Gasteiger partial charge is 0.379 e. The van der Waals surface area contributed by atoms with Gasteiger partial charge in [0.15, 0.2) is 0 Å². The molecule has 7 nitrogen and oxygen atoms in total. The van der Waals surface area contributed by atoms with Crippen LogP contribution < -0.4 is 5.73 Å². The fourth-order valence-corrected chi connectivity index (χ4v) is 4.69. The zero-order valence-electron chi connectivity index (χ0n) is 13.6. The molecule has 3 rings (SSSR count). The lowest BCUT2D eigenvalue weighted by Gasteiger charge is -2.26. The first-order valence-corrected chi connectivity index (χ1v) is 9.67. The number of nitrogens with two attached hydrogens (primary N) is 1. The van der Waals surface area contributed by atoms with Crippen LogP contribution in [-0.4, -0.2) is 69.0 Å². The Bertz CT molecular complexity index is 701. The van der Waals surface area contributed by atoms with Gasteiger partial charge in [-0.05, 0) is 31.0 Å². The average molecular weight is 353 g/mol. The molecular formula is C16H23N3O4S. The number of carbonyl (C=O) groups excluding carboxylic acids is 1. The lowest BCUT2D eigenvalue weighted by molar-refractivity contribution is 0.0728. The van der Waals surface area contributed by atoms with E-state index in [0.717, 1.165) is 12.8 Å². The summed E-state index contributed by atoms with van der Waals surface area (Å²) in [6.07, 6.45) is 1.83. The maximum absolute atomic E-state index is 12.7. The van der Waals surface area contributed by atoms with Crippen molar-refractivity contribution >= 4 is 15.9 Å². The summed E-state index contributed by atoms with van der Waals surface area (Å²) in [6.45, 7) is 2.55. The van der Waals surface area contributed by atoms with Crippen molar-refractivity contribution in [2.45, 2.75) is 23.8 Å². The van der Waals surface area contributed by atoms with E-state index in [4.69, 9.17) is 10.5 Å². The van der Waals surface area contributed by atoms with E-state index in [1.54, 1.807) is 17.0 Å². The van der Waals surface area contributed by atoms with E-state index in [1.807, 2.05) is 0 Å². The number of morpholine rings is 1. The minimum Gasteiger partial charge on any atom is -0.379 e. The Labute approximate surface area is 142 Å². The fourth-order valence-electron chi connectivity index (χ4n) is 3.24. The van der Waals surface area contributed by atoms with Crippen molar-refractivity contribution in [2.75, 3.05) is 39.4 Å². The van der Waals surface area contributed by atoms with Crippen LogP contribution in [-0.2, 0) is 14.8 Å². The van der Waals surface area contributed by atoms with Crippen molar-refractivity contribution in [2.24, 2.45) is 5.73 Å². The summed E-state index contributed by atoms with van der Waals surface area (Å²) in [7, 11) is -3.60. The highest BCUT2D eigenvalue weighted by molar-refractivity contribution is 7.89. The molecular weight excluding hydrogens is 330 g/mol. The predicted molar refractivity (Wildman–Crippen MR) is 89.1 cm³/mol. The van der Waals surface area contributed by atoms with Crippen molar-refractivity contribution in [3.63, 3.8) is 0 Å². The maximum Gasteiger partial charge on any atom is 0.254 e. The molecule has 1 aromatic carbocycles. The monoisotopic (exact) mass is 353 g/mol. The third-order valence-electron chi connectivity index (χ3n) is 4.60. The lowest BCUT2D eigenvalue weighted by Crippen LogP contribution is -2.41. The van der Waals surface area contributed by atoms with E-state index in [-0.39, 0.29) is 16.8 Å². The van der Waals surface area contributed by atoms with Gasteiger partial charge in [-0.3, -0.25) is 4.79 Å². The number of nitrogens with zero attached hydrogens (tertiary/aromatic N) is 2. The van der Waals surface area contributed by atoms with Gasteiger partial charge < -0.3 is 15.4 Å². The SMILES string of the molecule is NCC1CCCN1C(=O)c1cccc(S(=O)(=O)N2CCOCC2)c1. The van der Waals surface area contributed by atoms with E-state index in [1.165, 1.54) is 16.4 Å². The molecule has 1 unspecified atom stereocenters. The van der Waals surface area contributed by atoms with Gasteiger partial charge in [0.25, 0.3) is 5.91 Å². The van der Waals surface area contributed by atoms with Crippen molar-refractivity contribution in [3.8, 4) is 0 Å². The summed E-state index contributed by atoms with van der Waals surface area (Å²) in [6, 6.07) is 6.32. The number of carbonyl (C=O) groups is 1. The van der Waals surface area contributed by atoms with Crippen LogP contribution in [0, 0.1) is 0 Å². The Morgan fingerprint density at radius 3 is 2.71 bits per heavy atom. The maximum atomic E-state index is 12.7. The Morgan fingerprint density at radius 2 is 2.00 bits per heavy atom. The fraction of sp³-hybridized carbons (Fsp3) is 0.562. The summed E-state index contributed by atoms with van der Waals surface area (Å²) in [5.41, 5.74) is 6.12. The smallest absolute Gasteiger partial charge is 0.254 e. The number of likely N-dealkylation sites (tertiary alicyclic amines) is 1. The molecule has 2 saturated heterocycles. The molecule has 2 fully saturated rings. The molecule has 2 N–H and O–H groups in total. The highest BCUT2D eigenvalue weighted by Gasteiger charge is 2.30. The molecule has 2 heterocycles. The minimum absolute atomic E-state index is 0.0389. The summed E-state index contributed by atoms with van der Waals surface area (Å²) in [4.78, 5) is 14.6. The molecule has 8 heteroatoms. The summed E-state index contributed by atoms with van der Waals surface area (Å²) in [5.74, 6) is -0.151. The van der Waals surface area contributed by atoms with Gasteiger partial charge in [-0.2, -0.15) is 4.31 Å². The normalized spacial score (nSPS) is 22.7. The summed E-state index contributed by atoms with van der Waals surface area (Å²) >= 11 is 0. The van der Waals surface area contributed by atoms with E-state index in [2.05, 4.69) is 0 Å². The van der Waals surface area contributed by atoms with Crippen LogP contribution in [0.15, 0.2) is 29.2 Å². The van der Waals surface area contributed by atoms with Gasteiger partial charge in [-0.1, -0.05) is 6.07 Å². The second kappa shape index (κ2) is 7.18. The van der Waals surface area contributed by atoms with Gasteiger partial charge >= 0.3 is 0 Å². The van der Waals surface area contributed by atoms with Gasteiger partial charge in [0.2, 0.25) is 10.0 Å². The minimum atomic E-state index is -3.60. The standard InChI is InChI=1S/C16H23N3O4S/c17-12-14-4-2-6-19(14)16(20)13-3-1-5-15(11-13)24(21,22)18-7-9-23-10-8-18/h1,3,5,11,14H,2,4,6-10,12,17H2. The third kappa shape index (κ3) is 3.32. The van der Waals surface area contributed by atoms with E-state index < -0.39 is 10.0 Å². The molecule has 24 heavy (non-hydrogen) atoms. The number of hydrogen-bond acceptors (Lipinski definition) is 5. The molecule has 0 aromatic heterocycles. The molecule has 1 atom stereocenters. The van der Waals surface area contributed by atoms with Crippen LogP contribution in [0.3, 0.4) is 0 Å². The summed E-state index contributed by atoms with van der Waals surface area (Å²) < 4.78 is 32.1. The van der Waals surface area contributed by atoms with Crippen LogP contribution in [0.1, 0.15) is 23.2 Å². The molecule has 0 aliphatic carbocycles. The molecule has 0 bridgehead atoms. The van der Waals surface area contributed by atoms with Gasteiger partial charge in [0.05, 0.1) is 18.1 Å². The molecule has 0 radical (unpaired) electrons. The van der Waals surface area contributed by atoms with E-state index in [0.29, 0.717) is 45.0 Å². The van der Waals surface area contributed by atoms with Crippen molar-refractivity contribution < 1.29 is 17.9 Å². The number of ether oxygens (including phenoxy) is 1. The van der Waals surface area contributed by atoms with E-state index in [9.17, 15) is 13.2 Å². The summed E-state index contributed by atoms with van der Waals surface area (Å²) in [5, 5.41) is 0. The van der Waals surface area contributed by atoms with Crippen LogP contribution >= 0.6 is 0 Å². The van der Waals surface area contributed by atoms with Crippen LogP contribution in [0.2, 0.25) is 0 Å². The Balaban J connectivity index is 1.85. The topological polar surface area (TPSA) is 92.9 Å². The molecule has 0 spiro atoms. The Morgan fingerprint density at radius 1 is 1.25 bits per heavy atom. The van der Waals surface area contributed by atoms with Gasteiger partial charge in [-0.25, -0.2) is 8.42 Å². The number of benzene rings is 1. The quantitative estimate of drug-likeness (QED) is 0.839. The first-order valence-electron chi connectivity index (χ1n) is 8.23. The van der Waals surface area contributed by atoms with Crippen LogP contribution in [0.4, 0.5) is 0 Å². The lowest BCUT2D eigenvalue weighted by atomic mass is 10.1. The predicted octanol–water partition coefficient (Wildman–Crippen LogP) is 0.271. The zero-order chi connectivity index (χ0) is 17.2. The first-order chi connectivity index (χ1) is 11.5. The highest BCUT2D eigenvalue weighted by Crippen LogP contribution is 2.22. The van der Waals surface area contributed by atoms with E-state index >= 15 is 0 Å². The molecule has 1 amide bonds. The second-order valence-electron chi connectivity index (χ2n) is 6.07. The molecule has 2 aliphatic heterocycles. The van der Waals surface area contributed by atoms with Gasteiger partial charge in [0.1, 0.15) is 0 Å². The number of amides is 1. The number of sulfonamides is 1. The highest BCUT2D eigenvalue weighted by atomic mass is 32.2. The van der Waals surface area contributed by atoms with Crippen LogP contribution in [0.5, 0.6) is 0 Å². The first kappa shape index (κ1) is 17.3. The Kier molecular flexibility index (Phi) is 5.19.